The van der Waals surface area contributed by atoms with E-state index in [9.17, 15) is 10.2 Å². The van der Waals surface area contributed by atoms with Crippen LogP contribution < -0.4 is 4.74 Å². The zero-order valence-corrected chi connectivity index (χ0v) is 17.8. The highest BCUT2D eigenvalue weighted by Crippen LogP contribution is 2.29. The van der Waals surface area contributed by atoms with Crippen LogP contribution in [0.3, 0.4) is 0 Å². The third-order valence-electron chi connectivity index (χ3n) is 6.25. The van der Waals surface area contributed by atoms with E-state index in [2.05, 4.69) is 24.8 Å². The van der Waals surface area contributed by atoms with E-state index in [0.29, 0.717) is 19.7 Å². The summed E-state index contributed by atoms with van der Waals surface area (Å²) < 4.78 is 11.8. The van der Waals surface area contributed by atoms with Crippen molar-refractivity contribution < 1.29 is 19.7 Å². The first-order valence-corrected chi connectivity index (χ1v) is 10.7. The summed E-state index contributed by atoms with van der Waals surface area (Å²) in [4.78, 5) is 2.16. The normalized spacial score (nSPS) is 26.5. The lowest BCUT2D eigenvalue weighted by atomic mass is 9.93. The van der Waals surface area contributed by atoms with Gasteiger partial charge in [0.05, 0.1) is 18.8 Å². The lowest BCUT2D eigenvalue weighted by molar-refractivity contribution is -0.0734. The molecule has 28 heavy (non-hydrogen) atoms. The fraction of sp³-hybridized carbons (Fsp3) is 0.739. The smallest absolute Gasteiger partial charge is 0.134 e. The molecule has 1 aromatic carbocycles. The first-order valence-electron chi connectivity index (χ1n) is 10.7. The number of rotatable bonds is 5. The van der Waals surface area contributed by atoms with E-state index >= 15 is 0 Å². The van der Waals surface area contributed by atoms with Crippen LogP contribution in [0.2, 0.25) is 0 Å². The molecule has 1 saturated carbocycles. The van der Waals surface area contributed by atoms with Gasteiger partial charge in [-0.25, -0.2) is 0 Å². The van der Waals surface area contributed by atoms with Crippen molar-refractivity contribution in [1.82, 2.24) is 4.90 Å². The summed E-state index contributed by atoms with van der Waals surface area (Å²) in [6.45, 7) is 8.98. The Bertz CT molecular complexity index is 654. The second-order valence-corrected chi connectivity index (χ2v) is 9.12. The molecule has 1 aliphatic carbocycles. The molecule has 2 aliphatic rings. The first-order chi connectivity index (χ1) is 13.3. The van der Waals surface area contributed by atoms with Crippen LogP contribution in [0.25, 0.3) is 0 Å². The van der Waals surface area contributed by atoms with Gasteiger partial charge in [-0.05, 0) is 56.4 Å². The third kappa shape index (κ3) is 5.69. The van der Waals surface area contributed by atoms with Crippen molar-refractivity contribution in [3.05, 3.63) is 28.8 Å². The van der Waals surface area contributed by atoms with Crippen LogP contribution in [0.1, 0.15) is 55.2 Å². The summed E-state index contributed by atoms with van der Waals surface area (Å²) in [5.41, 5.74) is 1.72. The van der Waals surface area contributed by atoms with Crippen molar-refractivity contribution in [2.75, 3.05) is 39.5 Å². The molecule has 1 saturated heterocycles. The van der Waals surface area contributed by atoms with Gasteiger partial charge >= 0.3 is 0 Å². The topological polar surface area (TPSA) is 62.2 Å². The lowest BCUT2D eigenvalue weighted by Crippen LogP contribution is -2.52. The number of aryl methyl sites for hydroxylation is 2. The van der Waals surface area contributed by atoms with Crippen molar-refractivity contribution in [3.63, 3.8) is 0 Å². The van der Waals surface area contributed by atoms with Crippen LogP contribution >= 0.6 is 0 Å². The van der Waals surface area contributed by atoms with Gasteiger partial charge in [0.25, 0.3) is 0 Å². The summed E-state index contributed by atoms with van der Waals surface area (Å²) in [5.74, 6) is 0.823. The fourth-order valence-electron chi connectivity index (χ4n) is 4.54. The molecule has 2 N–H and O–H groups in total. The number of benzene rings is 1. The molecule has 1 unspecified atom stereocenters. The molecule has 5 heteroatoms. The molecule has 0 amide bonds. The average Bonchev–Trinajstić information content (AvgIpc) is 2.95. The van der Waals surface area contributed by atoms with Crippen molar-refractivity contribution in [2.45, 2.75) is 70.5 Å². The Morgan fingerprint density at radius 3 is 2.46 bits per heavy atom. The van der Waals surface area contributed by atoms with Crippen LogP contribution in [0.5, 0.6) is 5.75 Å². The van der Waals surface area contributed by atoms with Gasteiger partial charge in [0.15, 0.2) is 0 Å². The molecule has 1 atom stereocenters. The van der Waals surface area contributed by atoms with Gasteiger partial charge in [-0.15, -0.1) is 0 Å². The largest absolute Gasteiger partial charge is 0.490 e. The van der Waals surface area contributed by atoms with Crippen LogP contribution in [0.4, 0.5) is 0 Å². The molecule has 0 bridgehead atoms. The van der Waals surface area contributed by atoms with Gasteiger partial charge in [0, 0.05) is 19.6 Å². The molecule has 2 fully saturated rings. The Hall–Kier alpha value is -1.14. The lowest BCUT2D eigenvalue weighted by Gasteiger charge is -2.36. The zero-order chi connectivity index (χ0) is 20.2. The van der Waals surface area contributed by atoms with E-state index in [1.807, 2.05) is 13.0 Å². The SMILES string of the molecule is Cc1cc(C)c(C)c(OCC2(O)COCCN(CC3(O)CCCCCC3)C2)c1. The van der Waals surface area contributed by atoms with Crippen molar-refractivity contribution in [2.24, 2.45) is 0 Å². The summed E-state index contributed by atoms with van der Waals surface area (Å²) in [7, 11) is 0. The van der Waals surface area contributed by atoms with Crippen molar-refractivity contribution >= 4 is 0 Å². The van der Waals surface area contributed by atoms with E-state index in [4.69, 9.17) is 9.47 Å². The summed E-state index contributed by atoms with van der Waals surface area (Å²) >= 11 is 0. The predicted octanol–water partition coefficient (Wildman–Crippen LogP) is 3.14. The van der Waals surface area contributed by atoms with Gasteiger partial charge in [0.2, 0.25) is 0 Å². The zero-order valence-electron chi connectivity index (χ0n) is 17.8. The van der Waals surface area contributed by atoms with Gasteiger partial charge in [-0.1, -0.05) is 31.7 Å². The summed E-state index contributed by atoms with van der Waals surface area (Å²) in [5, 5.41) is 22.3. The van der Waals surface area contributed by atoms with Crippen LogP contribution in [-0.2, 0) is 4.74 Å². The van der Waals surface area contributed by atoms with E-state index < -0.39 is 11.2 Å². The molecule has 0 aromatic heterocycles. The highest BCUT2D eigenvalue weighted by atomic mass is 16.5. The Kier molecular flexibility index (Phi) is 7.02. The Labute approximate surface area is 169 Å². The maximum absolute atomic E-state index is 11.2. The number of ether oxygens (including phenoxy) is 2. The average molecular weight is 392 g/mol. The quantitative estimate of drug-likeness (QED) is 0.755. The fourth-order valence-corrected chi connectivity index (χ4v) is 4.54. The minimum Gasteiger partial charge on any atom is -0.490 e. The summed E-state index contributed by atoms with van der Waals surface area (Å²) in [6.07, 6.45) is 6.28. The highest BCUT2D eigenvalue weighted by Gasteiger charge is 2.37. The van der Waals surface area contributed by atoms with Gasteiger partial charge < -0.3 is 19.7 Å². The van der Waals surface area contributed by atoms with Gasteiger partial charge in [0.1, 0.15) is 18.0 Å². The summed E-state index contributed by atoms with van der Waals surface area (Å²) in [6, 6.07) is 4.16. The molecular weight excluding hydrogens is 354 g/mol. The minimum atomic E-state index is -1.08. The Morgan fingerprint density at radius 1 is 1.04 bits per heavy atom. The van der Waals surface area contributed by atoms with Gasteiger partial charge in [-0.2, -0.15) is 0 Å². The number of hydrogen-bond acceptors (Lipinski definition) is 5. The molecule has 3 rings (SSSR count). The molecular formula is C23H37NO4. The minimum absolute atomic E-state index is 0.186. The molecule has 1 aromatic rings. The Balaban J connectivity index is 1.65. The van der Waals surface area contributed by atoms with Crippen molar-refractivity contribution in [1.29, 1.82) is 0 Å². The maximum atomic E-state index is 11.2. The molecule has 5 nitrogen and oxygen atoms in total. The molecule has 0 radical (unpaired) electrons. The highest BCUT2D eigenvalue weighted by molar-refractivity contribution is 5.42. The molecule has 1 heterocycles. The number of aliphatic hydroxyl groups is 2. The second-order valence-electron chi connectivity index (χ2n) is 9.12. The van der Waals surface area contributed by atoms with Crippen molar-refractivity contribution in [3.8, 4) is 5.75 Å². The van der Waals surface area contributed by atoms with Crippen LogP contribution in [0, 0.1) is 20.8 Å². The first kappa shape index (κ1) is 21.6. The monoisotopic (exact) mass is 391 g/mol. The maximum Gasteiger partial charge on any atom is 0.134 e. The Morgan fingerprint density at radius 2 is 1.75 bits per heavy atom. The van der Waals surface area contributed by atoms with E-state index in [1.165, 1.54) is 18.4 Å². The second kappa shape index (κ2) is 9.12. The number of β-amino-alcohol motifs (C(OH)–C–C–N with tert-alkyl or cyclic N) is 2. The van der Waals surface area contributed by atoms with Gasteiger partial charge in [-0.3, -0.25) is 4.90 Å². The molecule has 0 spiro atoms. The standard InChI is InChI=1S/C23H37NO4/c1-18-12-19(2)20(3)21(13-18)28-17-23(26)15-24(10-11-27-16-23)14-22(25)8-6-4-5-7-9-22/h12-13,25-26H,4-11,14-17H2,1-3H3. The number of hydrogen-bond donors (Lipinski definition) is 2. The van der Waals surface area contributed by atoms with E-state index in [-0.39, 0.29) is 13.2 Å². The van der Waals surface area contributed by atoms with Crippen LogP contribution in [-0.4, -0.2) is 65.8 Å². The predicted molar refractivity (Wildman–Crippen MR) is 111 cm³/mol. The van der Waals surface area contributed by atoms with E-state index in [1.54, 1.807) is 0 Å². The number of nitrogens with zero attached hydrogens (tertiary/aromatic N) is 1. The third-order valence-corrected chi connectivity index (χ3v) is 6.25. The van der Waals surface area contributed by atoms with Crippen LogP contribution in [0.15, 0.2) is 12.1 Å². The molecule has 158 valence electrons. The van der Waals surface area contributed by atoms with E-state index in [0.717, 1.165) is 49.1 Å². The molecule has 1 aliphatic heterocycles.